The molecule has 0 bridgehead atoms. The van der Waals surface area contributed by atoms with Crippen LogP contribution in [0.15, 0.2) is 18.2 Å². The van der Waals surface area contributed by atoms with Crippen molar-refractivity contribution >= 4 is 11.4 Å². The van der Waals surface area contributed by atoms with E-state index >= 15 is 0 Å². The van der Waals surface area contributed by atoms with Crippen LogP contribution in [0, 0.1) is 6.92 Å². The molecule has 0 aliphatic carbocycles. The van der Waals surface area contributed by atoms with Crippen LogP contribution in [0.25, 0.3) is 0 Å². The summed E-state index contributed by atoms with van der Waals surface area (Å²) >= 11 is 0. The van der Waals surface area contributed by atoms with Crippen LogP contribution in [-0.4, -0.2) is 31.6 Å². The first-order valence-corrected chi connectivity index (χ1v) is 5.76. The van der Waals surface area contributed by atoms with E-state index in [9.17, 15) is 0 Å². The lowest BCUT2D eigenvalue weighted by atomic mass is 10.1. The molecule has 90 valence electrons. The molecule has 0 saturated carbocycles. The molecule has 0 saturated heterocycles. The summed E-state index contributed by atoms with van der Waals surface area (Å²) in [5.41, 5.74) is 8.98. The molecular weight excluding hydrogens is 198 g/mol. The van der Waals surface area contributed by atoms with Gasteiger partial charge in [-0.05, 0) is 58.6 Å². The van der Waals surface area contributed by atoms with Crippen LogP contribution in [0.3, 0.4) is 0 Å². The SMILES string of the molecule is Cc1ccc(N)cc1NC(C)CCN(C)C. The fraction of sp³-hybridized carbons (Fsp3) is 0.538. The van der Waals surface area contributed by atoms with E-state index in [0.717, 1.165) is 24.3 Å². The average molecular weight is 221 g/mol. The molecular formula is C13H23N3. The first kappa shape index (κ1) is 12.8. The van der Waals surface area contributed by atoms with Gasteiger partial charge in [0.25, 0.3) is 0 Å². The van der Waals surface area contributed by atoms with Gasteiger partial charge in [-0.2, -0.15) is 0 Å². The molecule has 1 unspecified atom stereocenters. The normalized spacial score (nSPS) is 12.8. The Bertz CT molecular complexity index is 334. The Morgan fingerprint density at radius 1 is 1.38 bits per heavy atom. The minimum Gasteiger partial charge on any atom is -0.399 e. The van der Waals surface area contributed by atoms with Gasteiger partial charge in [0.05, 0.1) is 0 Å². The van der Waals surface area contributed by atoms with E-state index in [1.165, 1.54) is 5.56 Å². The van der Waals surface area contributed by atoms with Gasteiger partial charge < -0.3 is 16.0 Å². The van der Waals surface area contributed by atoms with Crippen LogP contribution in [0.1, 0.15) is 18.9 Å². The lowest BCUT2D eigenvalue weighted by Gasteiger charge is -2.19. The van der Waals surface area contributed by atoms with Gasteiger partial charge in [0.2, 0.25) is 0 Å². The monoisotopic (exact) mass is 221 g/mol. The summed E-state index contributed by atoms with van der Waals surface area (Å²) in [7, 11) is 4.19. The number of hydrogen-bond donors (Lipinski definition) is 2. The highest BCUT2D eigenvalue weighted by molar-refractivity contribution is 5.59. The molecule has 1 atom stereocenters. The maximum absolute atomic E-state index is 5.78. The zero-order valence-electron chi connectivity index (χ0n) is 10.7. The summed E-state index contributed by atoms with van der Waals surface area (Å²) in [6.45, 7) is 5.39. The third-order valence-electron chi connectivity index (χ3n) is 2.67. The van der Waals surface area contributed by atoms with Crippen molar-refractivity contribution in [3.8, 4) is 0 Å². The Hall–Kier alpha value is -1.22. The Morgan fingerprint density at radius 3 is 2.69 bits per heavy atom. The fourth-order valence-electron chi connectivity index (χ4n) is 1.58. The van der Waals surface area contributed by atoms with Gasteiger partial charge in [0, 0.05) is 17.4 Å². The van der Waals surface area contributed by atoms with Crippen LogP contribution in [0.4, 0.5) is 11.4 Å². The van der Waals surface area contributed by atoms with Gasteiger partial charge in [-0.3, -0.25) is 0 Å². The van der Waals surface area contributed by atoms with Crippen molar-refractivity contribution in [2.24, 2.45) is 0 Å². The highest BCUT2D eigenvalue weighted by Gasteiger charge is 2.05. The second-order valence-corrected chi connectivity index (χ2v) is 4.71. The smallest absolute Gasteiger partial charge is 0.0392 e. The lowest BCUT2D eigenvalue weighted by Crippen LogP contribution is -2.23. The number of nitrogens with one attached hydrogen (secondary N) is 1. The highest BCUT2D eigenvalue weighted by Crippen LogP contribution is 2.19. The maximum atomic E-state index is 5.78. The molecule has 0 aliphatic rings. The quantitative estimate of drug-likeness (QED) is 0.750. The van der Waals surface area contributed by atoms with Crippen LogP contribution in [0.5, 0.6) is 0 Å². The standard InChI is InChI=1S/C13H23N3/c1-10-5-6-12(14)9-13(10)15-11(2)7-8-16(3)4/h5-6,9,11,15H,7-8,14H2,1-4H3. The first-order chi connectivity index (χ1) is 7.49. The van der Waals surface area contributed by atoms with Crippen molar-refractivity contribution in [3.05, 3.63) is 23.8 Å². The van der Waals surface area contributed by atoms with E-state index in [2.05, 4.69) is 44.2 Å². The van der Waals surface area contributed by atoms with E-state index in [4.69, 9.17) is 5.73 Å². The minimum absolute atomic E-state index is 0.461. The molecule has 1 aromatic carbocycles. The molecule has 0 aromatic heterocycles. The van der Waals surface area contributed by atoms with Crippen LogP contribution in [-0.2, 0) is 0 Å². The summed E-state index contributed by atoms with van der Waals surface area (Å²) < 4.78 is 0. The Morgan fingerprint density at radius 2 is 2.06 bits per heavy atom. The number of nitrogen functional groups attached to an aromatic ring is 1. The van der Waals surface area contributed by atoms with E-state index < -0.39 is 0 Å². The molecule has 16 heavy (non-hydrogen) atoms. The second kappa shape index (κ2) is 5.75. The van der Waals surface area contributed by atoms with Gasteiger partial charge in [-0.1, -0.05) is 6.07 Å². The topological polar surface area (TPSA) is 41.3 Å². The molecule has 0 radical (unpaired) electrons. The number of nitrogens with two attached hydrogens (primary N) is 1. The Kier molecular flexibility index (Phi) is 4.62. The molecule has 0 heterocycles. The summed E-state index contributed by atoms with van der Waals surface area (Å²) in [5, 5.41) is 3.50. The molecule has 0 spiro atoms. The van der Waals surface area contributed by atoms with Crippen molar-refractivity contribution in [2.45, 2.75) is 26.3 Å². The molecule has 1 aromatic rings. The van der Waals surface area contributed by atoms with Gasteiger partial charge in [-0.15, -0.1) is 0 Å². The minimum atomic E-state index is 0.461. The number of anilines is 2. The van der Waals surface area contributed by atoms with Crippen molar-refractivity contribution in [1.29, 1.82) is 0 Å². The van der Waals surface area contributed by atoms with Gasteiger partial charge >= 0.3 is 0 Å². The Labute approximate surface area is 98.6 Å². The molecule has 3 heteroatoms. The third-order valence-corrected chi connectivity index (χ3v) is 2.67. The van der Waals surface area contributed by atoms with Gasteiger partial charge in [-0.25, -0.2) is 0 Å². The first-order valence-electron chi connectivity index (χ1n) is 5.76. The van der Waals surface area contributed by atoms with Crippen molar-refractivity contribution in [3.63, 3.8) is 0 Å². The van der Waals surface area contributed by atoms with Crippen LogP contribution >= 0.6 is 0 Å². The number of aryl methyl sites for hydroxylation is 1. The zero-order valence-corrected chi connectivity index (χ0v) is 10.7. The van der Waals surface area contributed by atoms with E-state index in [1.807, 2.05) is 12.1 Å². The summed E-state index contributed by atoms with van der Waals surface area (Å²) in [4.78, 5) is 2.20. The van der Waals surface area contributed by atoms with Crippen LogP contribution in [0.2, 0.25) is 0 Å². The fourth-order valence-corrected chi connectivity index (χ4v) is 1.58. The largest absolute Gasteiger partial charge is 0.399 e. The lowest BCUT2D eigenvalue weighted by molar-refractivity contribution is 0.390. The summed E-state index contributed by atoms with van der Waals surface area (Å²) in [6, 6.07) is 6.45. The van der Waals surface area contributed by atoms with Crippen LogP contribution < -0.4 is 11.1 Å². The Balaban J connectivity index is 2.55. The van der Waals surface area contributed by atoms with E-state index in [1.54, 1.807) is 0 Å². The van der Waals surface area contributed by atoms with Gasteiger partial charge in [0.15, 0.2) is 0 Å². The summed E-state index contributed by atoms with van der Waals surface area (Å²) in [5.74, 6) is 0. The molecule has 3 N–H and O–H groups in total. The number of rotatable bonds is 5. The predicted octanol–water partition coefficient (Wildman–Crippen LogP) is 2.33. The maximum Gasteiger partial charge on any atom is 0.0392 e. The molecule has 0 fully saturated rings. The summed E-state index contributed by atoms with van der Waals surface area (Å²) in [6.07, 6.45) is 1.13. The molecule has 0 amide bonds. The van der Waals surface area contributed by atoms with Crippen molar-refractivity contribution in [2.75, 3.05) is 31.7 Å². The number of benzene rings is 1. The zero-order chi connectivity index (χ0) is 12.1. The second-order valence-electron chi connectivity index (χ2n) is 4.71. The number of hydrogen-bond acceptors (Lipinski definition) is 3. The van der Waals surface area contributed by atoms with Crippen molar-refractivity contribution < 1.29 is 0 Å². The highest BCUT2D eigenvalue weighted by atomic mass is 15.1. The number of nitrogens with zero attached hydrogens (tertiary/aromatic N) is 1. The third kappa shape index (κ3) is 4.11. The predicted molar refractivity (Wildman–Crippen MR) is 71.8 cm³/mol. The van der Waals surface area contributed by atoms with Gasteiger partial charge in [0.1, 0.15) is 0 Å². The molecule has 1 rings (SSSR count). The van der Waals surface area contributed by atoms with Crippen molar-refractivity contribution in [1.82, 2.24) is 4.90 Å². The van der Waals surface area contributed by atoms with E-state index in [0.29, 0.717) is 6.04 Å². The molecule has 0 aliphatic heterocycles. The molecule has 3 nitrogen and oxygen atoms in total. The average Bonchev–Trinajstić information content (AvgIpc) is 2.20. The van der Waals surface area contributed by atoms with E-state index in [-0.39, 0.29) is 0 Å².